The van der Waals surface area contributed by atoms with Crippen LogP contribution in [0, 0.1) is 0 Å². The lowest BCUT2D eigenvalue weighted by molar-refractivity contribution is -0.117. The van der Waals surface area contributed by atoms with Gasteiger partial charge in [-0.05, 0) is 54.8 Å². The van der Waals surface area contributed by atoms with Gasteiger partial charge in [-0.25, -0.2) is 0 Å². The molecule has 2 aliphatic heterocycles. The van der Waals surface area contributed by atoms with Crippen LogP contribution in [-0.4, -0.2) is 30.8 Å². The maximum atomic E-state index is 12.7. The van der Waals surface area contributed by atoms with Gasteiger partial charge in [-0.15, -0.1) is 0 Å². The van der Waals surface area contributed by atoms with E-state index in [0.717, 1.165) is 29.8 Å². The molecule has 2 aromatic carbocycles. The summed E-state index contributed by atoms with van der Waals surface area (Å²) >= 11 is 0. The Balaban J connectivity index is 1.52. The Kier molecular flexibility index (Phi) is 4.39. The molecule has 0 radical (unpaired) electrons. The average molecular weight is 363 g/mol. The van der Waals surface area contributed by atoms with Crippen molar-refractivity contribution in [3.63, 3.8) is 0 Å². The van der Waals surface area contributed by atoms with Crippen molar-refractivity contribution in [3.8, 4) is 0 Å². The van der Waals surface area contributed by atoms with E-state index in [0.29, 0.717) is 30.8 Å². The largest absolute Gasteiger partial charge is 0.322 e. The summed E-state index contributed by atoms with van der Waals surface area (Å²) in [7, 11) is 0. The lowest BCUT2D eigenvalue weighted by Crippen LogP contribution is -2.25. The van der Waals surface area contributed by atoms with E-state index >= 15 is 0 Å². The second kappa shape index (κ2) is 6.87. The van der Waals surface area contributed by atoms with Crippen LogP contribution < -0.4 is 15.1 Å². The third-order valence-corrected chi connectivity index (χ3v) is 5.11. The smallest absolute Gasteiger partial charge is 0.255 e. The minimum atomic E-state index is -0.218. The predicted octanol–water partition coefficient (Wildman–Crippen LogP) is 2.97. The van der Waals surface area contributed by atoms with Crippen LogP contribution in [0.4, 0.5) is 17.1 Å². The van der Waals surface area contributed by atoms with Crippen molar-refractivity contribution in [2.45, 2.75) is 26.2 Å². The summed E-state index contributed by atoms with van der Waals surface area (Å²) in [6, 6.07) is 12.7. The van der Waals surface area contributed by atoms with E-state index in [2.05, 4.69) is 5.32 Å². The van der Waals surface area contributed by atoms with Gasteiger partial charge in [-0.2, -0.15) is 0 Å². The van der Waals surface area contributed by atoms with Gasteiger partial charge >= 0.3 is 0 Å². The molecule has 1 N–H and O–H groups in total. The Bertz CT molecular complexity index is 938. The summed E-state index contributed by atoms with van der Waals surface area (Å²) in [5.74, 6) is -0.0927. The van der Waals surface area contributed by atoms with Crippen LogP contribution in [0.1, 0.15) is 35.7 Å². The predicted molar refractivity (Wildman–Crippen MR) is 104 cm³/mol. The first-order valence-electron chi connectivity index (χ1n) is 9.16. The van der Waals surface area contributed by atoms with Crippen molar-refractivity contribution in [1.82, 2.24) is 0 Å². The van der Waals surface area contributed by atoms with Crippen LogP contribution in [0.5, 0.6) is 0 Å². The molecule has 0 atom stereocenters. The van der Waals surface area contributed by atoms with Crippen molar-refractivity contribution in [2.24, 2.45) is 0 Å². The first kappa shape index (κ1) is 17.3. The highest BCUT2D eigenvalue weighted by Crippen LogP contribution is 2.31. The van der Waals surface area contributed by atoms with Gasteiger partial charge in [0, 0.05) is 49.1 Å². The molecule has 3 amide bonds. The standard InChI is InChI=1S/C21H21N3O3/c1-14(25)23-11-9-15-12-17(7-8-19(15)23)22-21(27)16-4-2-5-18(13-16)24-10-3-6-20(24)26/h2,4-5,7-8,12-13H,3,6,9-11H2,1H3,(H,22,27). The van der Waals surface area contributed by atoms with Crippen LogP contribution in [0.25, 0.3) is 0 Å². The second-order valence-corrected chi connectivity index (χ2v) is 6.92. The van der Waals surface area contributed by atoms with Gasteiger partial charge in [0.1, 0.15) is 0 Å². The van der Waals surface area contributed by atoms with Crippen LogP contribution >= 0.6 is 0 Å². The monoisotopic (exact) mass is 363 g/mol. The van der Waals surface area contributed by atoms with E-state index in [9.17, 15) is 14.4 Å². The van der Waals surface area contributed by atoms with E-state index in [1.165, 1.54) is 0 Å². The maximum Gasteiger partial charge on any atom is 0.255 e. The minimum Gasteiger partial charge on any atom is -0.322 e. The summed E-state index contributed by atoms with van der Waals surface area (Å²) in [6.45, 7) is 2.93. The Labute approximate surface area is 157 Å². The van der Waals surface area contributed by atoms with E-state index < -0.39 is 0 Å². The number of nitrogens with zero attached hydrogens (tertiary/aromatic N) is 2. The number of hydrogen-bond donors (Lipinski definition) is 1. The molecule has 0 unspecified atom stereocenters. The molecule has 0 aromatic heterocycles. The van der Waals surface area contributed by atoms with Gasteiger partial charge in [0.15, 0.2) is 0 Å². The molecule has 0 saturated carbocycles. The average Bonchev–Trinajstić information content (AvgIpc) is 3.27. The van der Waals surface area contributed by atoms with Gasteiger partial charge in [0.05, 0.1) is 0 Å². The molecule has 4 rings (SSSR count). The number of fused-ring (bicyclic) bond motifs is 1. The quantitative estimate of drug-likeness (QED) is 0.911. The molecule has 27 heavy (non-hydrogen) atoms. The van der Waals surface area contributed by atoms with E-state index in [-0.39, 0.29) is 17.7 Å². The fraction of sp³-hybridized carbons (Fsp3) is 0.286. The highest BCUT2D eigenvalue weighted by atomic mass is 16.2. The minimum absolute atomic E-state index is 0.0267. The van der Waals surface area contributed by atoms with Crippen LogP contribution in [0.2, 0.25) is 0 Å². The van der Waals surface area contributed by atoms with E-state index in [4.69, 9.17) is 0 Å². The number of amides is 3. The molecule has 138 valence electrons. The molecule has 0 aliphatic carbocycles. The molecule has 2 aromatic rings. The number of carbonyl (C=O) groups is 3. The Hall–Kier alpha value is -3.15. The molecule has 0 spiro atoms. The van der Waals surface area contributed by atoms with Crippen molar-refractivity contribution in [2.75, 3.05) is 28.2 Å². The third-order valence-electron chi connectivity index (χ3n) is 5.11. The number of benzene rings is 2. The van der Waals surface area contributed by atoms with Gasteiger partial charge < -0.3 is 15.1 Å². The molecule has 2 aliphatic rings. The van der Waals surface area contributed by atoms with E-state index in [1.807, 2.05) is 24.3 Å². The van der Waals surface area contributed by atoms with Gasteiger partial charge in [0.2, 0.25) is 11.8 Å². The van der Waals surface area contributed by atoms with Crippen LogP contribution in [0.3, 0.4) is 0 Å². The SMILES string of the molecule is CC(=O)N1CCc2cc(NC(=O)c3cccc(N4CCCC4=O)c3)ccc21. The van der Waals surface area contributed by atoms with Gasteiger partial charge in [-0.1, -0.05) is 6.07 Å². The van der Waals surface area contributed by atoms with Crippen molar-refractivity contribution in [1.29, 1.82) is 0 Å². The molecule has 0 bridgehead atoms. The van der Waals surface area contributed by atoms with Crippen molar-refractivity contribution < 1.29 is 14.4 Å². The molecule has 2 heterocycles. The summed E-state index contributed by atoms with van der Waals surface area (Å²) in [4.78, 5) is 39.7. The maximum absolute atomic E-state index is 12.7. The fourth-order valence-electron chi connectivity index (χ4n) is 3.75. The number of rotatable bonds is 3. The lowest BCUT2D eigenvalue weighted by Gasteiger charge is -2.17. The Morgan fingerprint density at radius 2 is 1.89 bits per heavy atom. The summed E-state index contributed by atoms with van der Waals surface area (Å²) in [6.07, 6.45) is 2.19. The fourth-order valence-corrected chi connectivity index (χ4v) is 3.75. The van der Waals surface area contributed by atoms with Gasteiger partial charge in [0.25, 0.3) is 5.91 Å². The molecule has 1 saturated heterocycles. The van der Waals surface area contributed by atoms with Gasteiger partial charge in [-0.3, -0.25) is 14.4 Å². The zero-order chi connectivity index (χ0) is 19.0. The summed E-state index contributed by atoms with van der Waals surface area (Å²) in [5, 5.41) is 2.92. The zero-order valence-corrected chi connectivity index (χ0v) is 15.2. The van der Waals surface area contributed by atoms with E-state index in [1.54, 1.807) is 34.9 Å². The third kappa shape index (κ3) is 3.30. The number of hydrogen-bond acceptors (Lipinski definition) is 3. The number of anilines is 3. The van der Waals surface area contributed by atoms with Crippen LogP contribution in [0.15, 0.2) is 42.5 Å². The van der Waals surface area contributed by atoms with Crippen LogP contribution in [-0.2, 0) is 16.0 Å². The zero-order valence-electron chi connectivity index (χ0n) is 15.2. The normalized spacial score (nSPS) is 15.8. The van der Waals surface area contributed by atoms with Crippen molar-refractivity contribution >= 4 is 34.8 Å². The molecular formula is C21H21N3O3. The number of carbonyl (C=O) groups excluding carboxylic acids is 3. The number of nitrogens with one attached hydrogen (secondary N) is 1. The Morgan fingerprint density at radius 3 is 2.63 bits per heavy atom. The lowest BCUT2D eigenvalue weighted by atomic mass is 10.1. The van der Waals surface area contributed by atoms with Crippen molar-refractivity contribution in [3.05, 3.63) is 53.6 Å². The molecular weight excluding hydrogens is 342 g/mol. The summed E-state index contributed by atoms with van der Waals surface area (Å²) < 4.78 is 0. The summed E-state index contributed by atoms with van der Waals surface area (Å²) in [5.41, 5.74) is 3.94. The topological polar surface area (TPSA) is 69.7 Å². The second-order valence-electron chi connectivity index (χ2n) is 6.92. The highest BCUT2D eigenvalue weighted by Gasteiger charge is 2.24. The molecule has 6 heteroatoms. The highest BCUT2D eigenvalue weighted by molar-refractivity contribution is 6.06. The first-order valence-corrected chi connectivity index (χ1v) is 9.16. The Morgan fingerprint density at radius 1 is 1.04 bits per heavy atom. The molecule has 6 nitrogen and oxygen atoms in total. The molecule has 1 fully saturated rings. The first-order chi connectivity index (χ1) is 13.0.